The predicted molar refractivity (Wildman–Crippen MR) is 123 cm³/mol. The van der Waals surface area contributed by atoms with E-state index in [1.165, 1.54) is 16.7 Å². The number of hydrogen-bond donors (Lipinski definition) is 1. The average molecular weight is 404 g/mol. The Labute approximate surface area is 178 Å². The van der Waals surface area contributed by atoms with Gasteiger partial charge in [-0.25, -0.2) is 0 Å². The minimum atomic E-state index is -0.397. The number of carbonyl (C=O) groups is 2. The summed E-state index contributed by atoms with van der Waals surface area (Å²) >= 11 is 0. The number of amides is 1. The Balaban J connectivity index is 4.12. The molecule has 4 heteroatoms. The van der Waals surface area contributed by atoms with E-state index in [1.807, 2.05) is 13.8 Å². The van der Waals surface area contributed by atoms with Gasteiger partial charge in [0.25, 0.3) is 0 Å². The van der Waals surface area contributed by atoms with Crippen molar-refractivity contribution in [1.29, 1.82) is 0 Å². The highest BCUT2D eigenvalue weighted by Crippen LogP contribution is 2.13. The summed E-state index contributed by atoms with van der Waals surface area (Å²) in [4.78, 5) is 23.2. The second-order valence-corrected chi connectivity index (χ2v) is 7.93. The van der Waals surface area contributed by atoms with E-state index in [2.05, 4.69) is 51.2 Å². The maximum atomic E-state index is 11.8. The van der Waals surface area contributed by atoms with Crippen molar-refractivity contribution in [2.24, 2.45) is 0 Å². The van der Waals surface area contributed by atoms with Crippen LogP contribution < -0.4 is 5.32 Å². The standard InChI is InChI=1S/C25H41NO3/c1-7-17-29-25(28)19-26-24(27)18-23(6)16-10-15-22(5)14-9-13-21(4)12-8-11-20(2)3/h11,13,15,18H,7-10,12,14,16-17,19H2,1-6H3,(H,26,27)/b21-13+,22-15+,23-18+. The van der Waals surface area contributed by atoms with E-state index in [9.17, 15) is 9.59 Å². The number of rotatable bonds is 14. The fraction of sp³-hybridized carbons (Fsp3) is 0.600. The molecule has 0 radical (unpaired) electrons. The van der Waals surface area contributed by atoms with Gasteiger partial charge in [-0.1, -0.05) is 47.4 Å². The highest BCUT2D eigenvalue weighted by atomic mass is 16.5. The van der Waals surface area contributed by atoms with Gasteiger partial charge in [-0.3, -0.25) is 9.59 Å². The molecule has 1 N–H and O–H groups in total. The number of nitrogens with one attached hydrogen (secondary N) is 1. The van der Waals surface area contributed by atoms with Crippen molar-refractivity contribution in [2.45, 2.75) is 86.5 Å². The smallest absolute Gasteiger partial charge is 0.325 e. The van der Waals surface area contributed by atoms with E-state index < -0.39 is 5.97 Å². The quantitative estimate of drug-likeness (QED) is 0.213. The minimum absolute atomic E-state index is 0.0805. The van der Waals surface area contributed by atoms with E-state index in [1.54, 1.807) is 6.08 Å². The van der Waals surface area contributed by atoms with Gasteiger partial charge < -0.3 is 10.1 Å². The molecule has 0 aliphatic rings. The van der Waals surface area contributed by atoms with Gasteiger partial charge in [-0.05, 0) is 79.6 Å². The molecule has 0 aromatic rings. The second kappa shape index (κ2) is 16.8. The Morgan fingerprint density at radius 1 is 0.793 bits per heavy atom. The Bertz CT molecular complexity index is 620. The Morgan fingerprint density at radius 3 is 1.83 bits per heavy atom. The molecule has 0 saturated heterocycles. The fourth-order valence-corrected chi connectivity index (χ4v) is 2.66. The van der Waals surface area contributed by atoms with Crippen molar-refractivity contribution >= 4 is 11.9 Å². The molecule has 0 spiro atoms. The lowest BCUT2D eigenvalue weighted by Gasteiger charge is -2.05. The van der Waals surface area contributed by atoms with Crippen LogP contribution in [-0.4, -0.2) is 25.0 Å². The van der Waals surface area contributed by atoms with Crippen molar-refractivity contribution in [3.05, 3.63) is 46.6 Å². The van der Waals surface area contributed by atoms with Gasteiger partial charge in [0.1, 0.15) is 6.54 Å². The zero-order valence-corrected chi connectivity index (χ0v) is 19.4. The van der Waals surface area contributed by atoms with Crippen LogP contribution in [0.4, 0.5) is 0 Å². The van der Waals surface area contributed by atoms with Crippen molar-refractivity contribution in [2.75, 3.05) is 13.2 Å². The third-order valence-corrected chi connectivity index (χ3v) is 4.41. The molecule has 29 heavy (non-hydrogen) atoms. The topological polar surface area (TPSA) is 55.4 Å². The molecule has 0 atom stereocenters. The fourth-order valence-electron chi connectivity index (χ4n) is 2.66. The molecule has 0 heterocycles. The molecule has 0 aliphatic heterocycles. The van der Waals surface area contributed by atoms with Crippen molar-refractivity contribution in [3.8, 4) is 0 Å². The van der Waals surface area contributed by atoms with Crippen LogP contribution in [0, 0.1) is 0 Å². The Kier molecular flexibility index (Phi) is 15.6. The van der Waals surface area contributed by atoms with Crippen LogP contribution >= 0.6 is 0 Å². The average Bonchev–Trinajstić information content (AvgIpc) is 2.64. The van der Waals surface area contributed by atoms with E-state index >= 15 is 0 Å². The third kappa shape index (κ3) is 17.7. The lowest BCUT2D eigenvalue weighted by atomic mass is 10.0. The summed E-state index contributed by atoms with van der Waals surface area (Å²) in [6, 6.07) is 0. The molecule has 1 amide bonds. The Morgan fingerprint density at radius 2 is 1.31 bits per heavy atom. The van der Waals surface area contributed by atoms with Crippen LogP contribution in [0.2, 0.25) is 0 Å². The normalized spacial score (nSPS) is 12.6. The molecule has 0 aliphatic carbocycles. The summed E-state index contributed by atoms with van der Waals surface area (Å²) in [6.07, 6.45) is 15.4. The molecule has 164 valence electrons. The van der Waals surface area contributed by atoms with Crippen LogP contribution in [0.5, 0.6) is 0 Å². The molecular formula is C25H41NO3. The first-order valence-electron chi connectivity index (χ1n) is 10.8. The lowest BCUT2D eigenvalue weighted by Crippen LogP contribution is -2.29. The maximum Gasteiger partial charge on any atom is 0.325 e. The van der Waals surface area contributed by atoms with Crippen molar-refractivity contribution in [1.82, 2.24) is 5.32 Å². The molecule has 4 nitrogen and oxygen atoms in total. The van der Waals surface area contributed by atoms with Crippen LogP contribution in [0.15, 0.2) is 46.6 Å². The first-order valence-corrected chi connectivity index (χ1v) is 10.8. The molecular weight excluding hydrogens is 362 g/mol. The van der Waals surface area contributed by atoms with Gasteiger partial charge in [0.05, 0.1) is 6.61 Å². The summed E-state index contributed by atoms with van der Waals surface area (Å²) in [6.45, 7) is 12.8. The predicted octanol–water partition coefficient (Wildman–Crippen LogP) is 6.20. The summed E-state index contributed by atoms with van der Waals surface area (Å²) in [5.74, 6) is -0.642. The second-order valence-electron chi connectivity index (χ2n) is 7.93. The van der Waals surface area contributed by atoms with Gasteiger partial charge in [0.15, 0.2) is 0 Å². The monoisotopic (exact) mass is 403 g/mol. The molecule has 0 fully saturated rings. The number of carbonyl (C=O) groups excluding carboxylic acids is 2. The Hall–Kier alpha value is -2.10. The van der Waals surface area contributed by atoms with Crippen LogP contribution in [0.25, 0.3) is 0 Å². The highest BCUT2D eigenvalue weighted by molar-refractivity contribution is 5.90. The summed E-state index contributed by atoms with van der Waals surface area (Å²) in [7, 11) is 0. The molecule has 0 rings (SSSR count). The largest absolute Gasteiger partial charge is 0.464 e. The third-order valence-electron chi connectivity index (χ3n) is 4.41. The minimum Gasteiger partial charge on any atom is -0.464 e. The van der Waals surface area contributed by atoms with E-state index in [0.29, 0.717) is 6.61 Å². The highest BCUT2D eigenvalue weighted by Gasteiger charge is 2.04. The molecule has 0 bridgehead atoms. The van der Waals surface area contributed by atoms with Gasteiger partial charge in [0, 0.05) is 6.08 Å². The number of ether oxygens (including phenoxy) is 1. The number of allylic oxidation sites excluding steroid dienone is 7. The SMILES string of the molecule is CCCOC(=O)CNC(=O)/C=C(\C)CC/C=C(\C)CC/C=C(\C)CCC=C(C)C. The van der Waals surface area contributed by atoms with Gasteiger partial charge >= 0.3 is 5.97 Å². The molecule has 0 saturated carbocycles. The molecule has 0 aromatic heterocycles. The van der Waals surface area contributed by atoms with Crippen molar-refractivity contribution < 1.29 is 14.3 Å². The van der Waals surface area contributed by atoms with Gasteiger partial charge in [-0.15, -0.1) is 0 Å². The van der Waals surface area contributed by atoms with E-state index in [-0.39, 0.29) is 12.5 Å². The van der Waals surface area contributed by atoms with Gasteiger partial charge in [-0.2, -0.15) is 0 Å². The lowest BCUT2D eigenvalue weighted by molar-refractivity contribution is -0.143. The maximum absolute atomic E-state index is 11.8. The van der Waals surface area contributed by atoms with E-state index in [4.69, 9.17) is 4.74 Å². The first kappa shape index (κ1) is 26.9. The number of esters is 1. The van der Waals surface area contributed by atoms with Crippen molar-refractivity contribution in [3.63, 3.8) is 0 Å². The van der Waals surface area contributed by atoms with E-state index in [0.717, 1.165) is 50.5 Å². The van der Waals surface area contributed by atoms with Crippen LogP contribution in [0.1, 0.15) is 86.5 Å². The summed E-state index contributed by atoms with van der Waals surface area (Å²) in [5.41, 5.74) is 5.23. The van der Waals surface area contributed by atoms with Crippen LogP contribution in [-0.2, 0) is 14.3 Å². The summed E-state index contributed by atoms with van der Waals surface area (Å²) < 4.78 is 4.92. The number of hydrogen-bond acceptors (Lipinski definition) is 3. The zero-order valence-electron chi connectivity index (χ0n) is 19.4. The van der Waals surface area contributed by atoms with Gasteiger partial charge in [0.2, 0.25) is 5.91 Å². The molecule has 0 aromatic carbocycles. The van der Waals surface area contributed by atoms with Crippen LogP contribution in [0.3, 0.4) is 0 Å². The molecule has 0 unspecified atom stereocenters. The zero-order chi connectivity index (χ0) is 22.1. The summed E-state index contributed by atoms with van der Waals surface area (Å²) in [5, 5.41) is 2.57. The first-order chi connectivity index (χ1) is 13.7.